The van der Waals surface area contributed by atoms with Gasteiger partial charge in [0.15, 0.2) is 0 Å². The Hall–Kier alpha value is -1.32. The fourth-order valence-electron chi connectivity index (χ4n) is 11.9. The predicted octanol–water partition coefficient (Wildman–Crippen LogP) is 8.04. The summed E-state index contributed by atoms with van der Waals surface area (Å²) in [6.45, 7) is 20.9. The quantitative estimate of drug-likeness (QED) is 0.141. The third kappa shape index (κ3) is 3.30. The maximum atomic E-state index is 11.9. The van der Waals surface area contributed by atoms with Crippen LogP contribution in [0.3, 0.4) is 0 Å². The molecule has 0 bridgehead atoms. The van der Waals surface area contributed by atoms with E-state index in [2.05, 4.69) is 53.3 Å². The molecule has 0 unspecified atom stereocenters. The van der Waals surface area contributed by atoms with Crippen molar-refractivity contribution in [3.8, 4) is 0 Å². The van der Waals surface area contributed by atoms with Crippen LogP contribution in [0, 0.1) is 56.7 Å². The number of fused-ring (bicyclic) bond motifs is 7. The average Bonchev–Trinajstić information content (AvgIpc) is 3.16. The summed E-state index contributed by atoms with van der Waals surface area (Å²) in [5.74, 6) is 2.89. The van der Waals surface area contributed by atoms with Gasteiger partial charge in [0.05, 0.1) is 6.21 Å². The van der Waals surface area contributed by atoms with E-state index in [0.717, 1.165) is 19.3 Å². The van der Waals surface area contributed by atoms with Crippen LogP contribution in [-0.2, 0) is 9.53 Å². The lowest BCUT2D eigenvalue weighted by Gasteiger charge is -2.72. The van der Waals surface area contributed by atoms with Gasteiger partial charge >= 0.3 is 5.97 Å². The van der Waals surface area contributed by atoms with Gasteiger partial charge in [-0.1, -0.05) is 46.8 Å². The number of nitrogens with zero attached hydrogens (tertiary/aromatic N) is 1. The van der Waals surface area contributed by atoms with E-state index in [1.54, 1.807) is 6.92 Å². The number of esters is 1. The average molecular weight is 498 g/mol. The highest BCUT2D eigenvalue weighted by molar-refractivity contribution is 5.67. The molecule has 5 aliphatic carbocycles. The van der Waals surface area contributed by atoms with Crippen LogP contribution >= 0.6 is 0 Å². The highest BCUT2D eigenvalue weighted by Crippen LogP contribution is 2.77. The maximum Gasteiger partial charge on any atom is 0.302 e. The zero-order valence-corrected chi connectivity index (χ0v) is 24.0. The van der Waals surface area contributed by atoms with E-state index in [-0.39, 0.29) is 33.7 Å². The number of hydrogen-bond donors (Lipinski definition) is 1. The number of hydrogen-bond acceptors (Lipinski definition) is 4. The maximum absolute atomic E-state index is 11.9. The molecule has 10 atom stereocenters. The third-order valence-corrected chi connectivity index (χ3v) is 13.7. The van der Waals surface area contributed by atoms with Crippen molar-refractivity contribution in [2.24, 2.45) is 61.8 Å². The lowest BCUT2D eigenvalue weighted by molar-refractivity contribution is -0.246. The zero-order chi connectivity index (χ0) is 26.3. The molecule has 1 N–H and O–H groups in total. The van der Waals surface area contributed by atoms with Crippen molar-refractivity contribution in [2.75, 3.05) is 0 Å². The number of ether oxygens (including phenoxy) is 1. The first-order valence-corrected chi connectivity index (χ1v) is 14.8. The van der Waals surface area contributed by atoms with Crippen LogP contribution in [0.4, 0.5) is 0 Å². The van der Waals surface area contributed by atoms with E-state index in [9.17, 15) is 10.0 Å². The molecule has 0 aliphatic heterocycles. The topological polar surface area (TPSA) is 58.9 Å². The molecule has 0 aromatic carbocycles. The number of allylic oxidation sites excluding steroid dienone is 1. The summed E-state index contributed by atoms with van der Waals surface area (Å²) in [5, 5.41) is 13.4. The Kier molecular flexibility index (Phi) is 6.09. The highest BCUT2D eigenvalue weighted by Gasteiger charge is 2.71. The van der Waals surface area contributed by atoms with Gasteiger partial charge in [0.2, 0.25) is 0 Å². The molecule has 0 saturated heterocycles. The number of carbonyl (C=O) groups excluding carboxylic acids is 1. The molecular formula is C32H51NO3. The Morgan fingerprint density at radius 1 is 0.889 bits per heavy atom. The van der Waals surface area contributed by atoms with E-state index in [4.69, 9.17) is 4.74 Å². The van der Waals surface area contributed by atoms with Crippen LogP contribution < -0.4 is 0 Å². The Bertz CT molecular complexity index is 955. The van der Waals surface area contributed by atoms with E-state index < -0.39 is 0 Å². The van der Waals surface area contributed by atoms with E-state index >= 15 is 0 Å². The van der Waals surface area contributed by atoms with Gasteiger partial charge in [0, 0.05) is 17.8 Å². The first kappa shape index (κ1) is 26.3. The van der Waals surface area contributed by atoms with Crippen LogP contribution in [0.2, 0.25) is 0 Å². The lowest BCUT2D eigenvalue weighted by Crippen LogP contribution is -2.66. The second-order valence-electron chi connectivity index (χ2n) is 15.1. The van der Waals surface area contributed by atoms with Crippen LogP contribution in [0.15, 0.2) is 17.3 Å². The normalized spacial score (nSPS) is 51.5. The van der Waals surface area contributed by atoms with Crippen molar-refractivity contribution in [3.05, 3.63) is 12.2 Å². The molecule has 4 heteroatoms. The molecule has 0 aromatic rings. The minimum atomic E-state index is -0.133. The molecule has 4 nitrogen and oxygen atoms in total. The minimum Gasteiger partial charge on any atom is -0.462 e. The summed E-state index contributed by atoms with van der Waals surface area (Å²) in [5.41, 5.74) is 2.24. The third-order valence-electron chi connectivity index (χ3n) is 13.7. The molecule has 5 aliphatic rings. The Morgan fingerprint density at radius 2 is 1.61 bits per heavy atom. The van der Waals surface area contributed by atoms with Gasteiger partial charge in [-0.25, -0.2) is 0 Å². The molecule has 0 amide bonds. The summed E-state index contributed by atoms with van der Waals surface area (Å²) in [4.78, 5) is 11.9. The second-order valence-corrected chi connectivity index (χ2v) is 15.1. The SMILES string of the molecule is C=C(C)[C@@H]1CC[C@]2(/C=N/O)CC[C@]3(C)[C@@H](CC[C@@H]4[C@@]5(C)CC[C@H](OC(C)=O)C(C)(C)[C@@H]5CC[C@]43C)[C@H]12. The van der Waals surface area contributed by atoms with Gasteiger partial charge < -0.3 is 9.94 Å². The zero-order valence-electron chi connectivity index (χ0n) is 24.0. The van der Waals surface area contributed by atoms with Crippen molar-refractivity contribution >= 4 is 12.2 Å². The standard InChI is InChI=1S/C32H51NO3/c1-20(2)22-11-16-32(19-33-35)18-17-30(7)23(27(22)32)9-10-25-29(6)14-13-26(36-21(3)34)28(4,5)24(29)12-15-31(25,30)8/h19,22-27,35H,1,9-18H2,2-8H3/b33-19+/t22-,23-,24-,25+,26-,27-,29-,30+,31+,32+/m0/s1. The van der Waals surface area contributed by atoms with Gasteiger partial charge in [-0.2, -0.15) is 0 Å². The molecule has 0 heterocycles. The lowest BCUT2D eigenvalue weighted by atomic mass is 9.32. The molecule has 5 fully saturated rings. The van der Waals surface area contributed by atoms with Crippen LogP contribution in [0.1, 0.15) is 113 Å². The largest absolute Gasteiger partial charge is 0.462 e. The fraction of sp³-hybridized carbons (Fsp3) is 0.875. The number of rotatable bonds is 3. The van der Waals surface area contributed by atoms with Crippen molar-refractivity contribution in [1.82, 2.24) is 0 Å². The molecule has 0 radical (unpaired) electrons. The molecule has 0 aromatic heterocycles. The van der Waals surface area contributed by atoms with Crippen LogP contribution in [-0.4, -0.2) is 23.5 Å². The van der Waals surface area contributed by atoms with Gasteiger partial charge in [-0.05, 0) is 117 Å². The Labute approximate surface area is 219 Å². The van der Waals surface area contributed by atoms with Crippen molar-refractivity contribution in [1.29, 1.82) is 0 Å². The van der Waals surface area contributed by atoms with Crippen molar-refractivity contribution in [3.63, 3.8) is 0 Å². The molecule has 36 heavy (non-hydrogen) atoms. The first-order valence-electron chi connectivity index (χ1n) is 14.8. The molecule has 5 rings (SSSR count). The Morgan fingerprint density at radius 3 is 2.25 bits per heavy atom. The molecule has 5 saturated carbocycles. The number of carbonyl (C=O) groups is 1. The molecular weight excluding hydrogens is 446 g/mol. The summed E-state index contributed by atoms with van der Waals surface area (Å²) >= 11 is 0. The van der Waals surface area contributed by atoms with E-state index in [1.807, 2.05) is 6.21 Å². The van der Waals surface area contributed by atoms with E-state index in [0.29, 0.717) is 35.0 Å². The van der Waals surface area contributed by atoms with Crippen molar-refractivity contribution < 1.29 is 14.7 Å². The summed E-state index contributed by atoms with van der Waals surface area (Å²) in [6, 6.07) is 0. The predicted molar refractivity (Wildman–Crippen MR) is 145 cm³/mol. The van der Waals surface area contributed by atoms with Gasteiger partial charge in [0.1, 0.15) is 6.10 Å². The second kappa shape index (κ2) is 8.34. The summed E-state index contributed by atoms with van der Waals surface area (Å²) < 4.78 is 5.90. The highest BCUT2D eigenvalue weighted by atomic mass is 16.5. The van der Waals surface area contributed by atoms with E-state index in [1.165, 1.54) is 50.5 Å². The Balaban J connectivity index is 1.52. The fourth-order valence-corrected chi connectivity index (χ4v) is 11.9. The summed E-state index contributed by atoms with van der Waals surface area (Å²) in [6.07, 6.45) is 13.9. The first-order chi connectivity index (χ1) is 16.8. The molecule has 0 spiro atoms. The van der Waals surface area contributed by atoms with Gasteiger partial charge in [0.25, 0.3) is 0 Å². The number of oxime groups is 1. The van der Waals surface area contributed by atoms with Gasteiger partial charge in [-0.15, -0.1) is 5.16 Å². The van der Waals surface area contributed by atoms with Crippen LogP contribution in [0.5, 0.6) is 0 Å². The van der Waals surface area contributed by atoms with Crippen LogP contribution in [0.25, 0.3) is 0 Å². The minimum absolute atomic E-state index is 0.00750. The molecule has 202 valence electrons. The van der Waals surface area contributed by atoms with Gasteiger partial charge in [-0.3, -0.25) is 4.79 Å². The monoisotopic (exact) mass is 497 g/mol. The smallest absolute Gasteiger partial charge is 0.302 e. The van der Waals surface area contributed by atoms with Crippen molar-refractivity contribution in [2.45, 2.75) is 119 Å². The summed E-state index contributed by atoms with van der Waals surface area (Å²) in [7, 11) is 0.